The van der Waals surface area contributed by atoms with Gasteiger partial charge in [0.25, 0.3) is 0 Å². The number of rotatable bonds is 4. The SMILES string of the molecule is COC[C@@H]1C(=O)[C@]23C[C@H]1C[C@H](OC(C)=O)C2[C@@]1(C)C(C(=O)[C@@H]3O)C(C)(C)[C@@H](O)C[C@@H]1OC(C)=O. The van der Waals surface area contributed by atoms with Crippen LogP contribution in [0.25, 0.3) is 0 Å². The van der Waals surface area contributed by atoms with Crippen LogP contribution < -0.4 is 0 Å². The van der Waals surface area contributed by atoms with Crippen molar-refractivity contribution in [3.8, 4) is 0 Å². The van der Waals surface area contributed by atoms with Crippen LogP contribution in [0.3, 0.4) is 0 Å². The van der Waals surface area contributed by atoms with Gasteiger partial charge < -0.3 is 24.4 Å². The molecular formula is C25H36O9. The maximum absolute atomic E-state index is 14.0. The maximum Gasteiger partial charge on any atom is 0.302 e. The fraction of sp³-hybridized carbons (Fsp3) is 0.840. The number of ether oxygens (including phenoxy) is 3. The third-order valence-electron chi connectivity index (χ3n) is 9.47. The summed E-state index contributed by atoms with van der Waals surface area (Å²) in [5, 5.41) is 22.5. The number of hydrogen-bond donors (Lipinski definition) is 2. The molecule has 1 spiro atoms. The topological polar surface area (TPSA) is 136 Å². The van der Waals surface area contributed by atoms with Crippen LogP contribution in [0.5, 0.6) is 0 Å². The Morgan fingerprint density at radius 3 is 2.21 bits per heavy atom. The zero-order chi connectivity index (χ0) is 25.4. The molecule has 4 rings (SSSR count). The minimum Gasteiger partial charge on any atom is -0.462 e. The average Bonchev–Trinajstić information content (AvgIpc) is 2.92. The highest BCUT2D eigenvalue weighted by molar-refractivity contribution is 6.00. The van der Waals surface area contributed by atoms with Gasteiger partial charge in [0.1, 0.15) is 24.1 Å². The lowest BCUT2D eigenvalue weighted by atomic mass is 9.38. The molecule has 2 bridgehead atoms. The average molecular weight is 481 g/mol. The van der Waals surface area contributed by atoms with E-state index in [9.17, 15) is 29.4 Å². The van der Waals surface area contributed by atoms with Crippen molar-refractivity contribution in [2.24, 2.45) is 39.9 Å². The Balaban J connectivity index is 1.98. The van der Waals surface area contributed by atoms with E-state index in [4.69, 9.17) is 14.2 Å². The third kappa shape index (κ3) is 3.15. The second-order valence-corrected chi connectivity index (χ2v) is 11.6. The summed E-state index contributed by atoms with van der Waals surface area (Å²) in [6.07, 6.45) is -3.54. The van der Waals surface area contributed by atoms with Gasteiger partial charge in [-0.2, -0.15) is 0 Å². The van der Waals surface area contributed by atoms with Gasteiger partial charge in [0.05, 0.1) is 18.1 Å². The number of aliphatic hydroxyl groups is 2. The molecule has 0 aromatic carbocycles. The van der Waals surface area contributed by atoms with E-state index >= 15 is 0 Å². The van der Waals surface area contributed by atoms with Crippen LogP contribution in [0.1, 0.15) is 53.9 Å². The van der Waals surface area contributed by atoms with Crippen molar-refractivity contribution in [1.29, 1.82) is 0 Å². The standard InChI is InChI=1S/C25H36O9/c1-11(26)33-15-7-13-9-25(21(30)14(13)10-32-6)19(15)24(5)17(34-12(2)27)8-16(28)23(3,4)20(24)18(29)22(25)31/h13-17,19-20,22,28,31H,7-10H2,1-6H3/t13-,14+,15+,16+,17+,19?,20?,22+,24+,25+/m1/s1. The van der Waals surface area contributed by atoms with Crippen LogP contribution in [0.2, 0.25) is 0 Å². The van der Waals surface area contributed by atoms with Crippen LogP contribution in [0.4, 0.5) is 0 Å². The molecule has 4 aliphatic rings. The summed E-state index contributed by atoms with van der Waals surface area (Å²) >= 11 is 0. The number of Topliss-reactive ketones (excluding diaryl/α,β-unsaturated/α-hetero) is 2. The minimum absolute atomic E-state index is 0.0709. The molecule has 4 saturated carbocycles. The molecule has 2 unspecified atom stereocenters. The molecule has 0 radical (unpaired) electrons. The molecular weight excluding hydrogens is 444 g/mol. The Kier molecular flexibility index (Phi) is 6.02. The summed E-state index contributed by atoms with van der Waals surface area (Å²) in [7, 11) is 1.50. The van der Waals surface area contributed by atoms with Crippen molar-refractivity contribution in [2.45, 2.75) is 78.3 Å². The number of methoxy groups -OCH3 is 1. The largest absolute Gasteiger partial charge is 0.462 e. The molecule has 9 heteroatoms. The first-order valence-electron chi connectivity index (χ1n) is 12.0. The van der Waals surface area contributed by atoms with E-state index in [1.54, 1.807) is 20.8 Å². The Bertz CT molecular complexity index is 912. The summed E-state index contributed by atoms with van der Waals surface area (Å²) < 4.78 is 16.8. The highest BCUT2D eigenvalue weighted by Crippen LogP contribution is 2.71. The summed E-state index contributed by atoms with van der Waals surface area (Å²) in [4.78, 5) is 52.2. The van der Waals surface area contributed by atoms with Crippen molar-refractivity contribution in [2.75, 3.05) is 13.7 Å². The van der Waals surface area contributed by atoms with Gasteiger partial charge in [-0.1, -0.05) is 20.8 Å². The number of hydrogen-bond acceptors (Lipinski definition) is 9. The predicted octanol–water partition coefficient (Wildman–Crippen LogP) is 1.06. The molecule has 2 N–H and O–H groups in total. The van der Waals surface area contributed by atoms with Crippen molar-refractivity contribution in [3.63, 3.8) is 0 Å². The van der Waals surface area contributed by atoms with Gasteiger partial charge in [0, 0.05) is 56.0 Å². The van der Waals surface area contributed by atoms with Crippen LogP contribution >= 0.6 is 0 Å². The first kappa shape index (κ1) is 25.3. The van der Waals surface area contributed by atoms with E-state index in [-0.39, 0.29) is 31.1 Å². The molecule has 34 heavy (non-hydrogen) atoms. The molecule has 190 valence electrons. The number of ketones is 2. The van der Waals surface area contributed by atoms with Crippen LogP contribution in [0, 0.1) is 39.9 Å². The Morgan fingerprint density at radius 1 is 1.03 bits per heavy atom. The highest BCUT2D eigenvalue weighted by Gasteiger charge is 2.79. The molecule has 9 nitrogen and oxygen atoms in total. The quantitative estimate of drug-likeness (QED) is 0.566. The molecule has 0 heterocycles. The monoisotopic (exact) mass is 480 g/mol. The van der Waals surface area contributed by atoms with E-state index < -0.39 is 76.1 Å². The van der Waals surface area contributed by atoms with Crippen LogP contribution in [-0.4, -0.2) is 71.9 Å². The predicted molar refractivity (Wildman–Crippen MR) is 117 cm³/mol. The van der Waals surface area contributed by atoms with Gasteiger partial charge in [-0.15, -0.1) is 0 Å². The molecule has 4 aliphatic carbocycles. The first-order valence-corrected chi connectivity index (χ1v) is 12.0. The Hall–Kier alpha value is -1.84. The lowest BCUT2D eigenvalue weighted by Crippen LogP contribution is -2.75. The second-order valence-electron chi connectivity index (χ2n) is 11.6. The van der Waals surface area contributed by atoms with Crippen molar-refractivity contribution in [3.05, 3.63) is 0 Å². The van der Waals surface area contributed by atoms with Crippen molar-refractivity contribution in [1.82, 2.24) is 0 Å². The van der Waals surface area contributed by atoms with Gasteiger partial charge >= 0.3 is 11.9 Å². The number of carbonyl (C=O) groups is 4. The number of esters is 2. The number of fused-ring (bicyclic) bond motifs is 3. The first-order chi connectivity index (χ1) is 15.7. The van der Waals surface area contributed by atoms with Gasteiger partial charge in [0.15, 0.2) is 5.78 Å². The summed E-state index contributed by atoms with van der Waals surface area (Å²) in [6.45, 7) is 8.00. The molecule has 0 aliphatic heterocycles. The van der Waals surface area contributed by atoms with E-state index in [0.29, 0.717) is 6.42 Å². The summed E-state index contributed by atoms with van der Waals surface area (Å²) in [5.74, 6) is -4.35. The fourth-order valence-corrected chi connectivity index (χ4v) is 8.40. The molecule has 0 aromatic heterocycles. The van der Waals surface area contributed by atoms with Gasteiger partial charge in [0.2, 0.25) is 0 Å². The number of aliphatic hydroxyl groups excluding tert-OH is 2. The van der Waals surface area contributed by atoms with Gasteiger partial charge in [-0.05, 0) is 18.8 Å². The number of carbonyl (C=O) groups excluding carboxylic acids is 4. The van der Waals surface area contributed by atoms with Crippen LogP contribution in [-0.2, 0) is 33.4 Å². The third-order valence-corrected chi connectivity index (χ3v) is 9.47. The Labute approximate surface area is 199 Å². The smallest absolute Gasteiger partial charge is 0.302 e. The van der Waals surface area contributed by atoms with E-state index in [2.05, 4.69) is 0 Å². The molecule has 0 amide bonds. The fourth-order valence-electron chi connectivity index (χ4n) is 8.40. The maximum atomic E-state index is 14.0. The van der Waals surface area contributed by atoms with Gasteiger partial charge in [-0.3, -0.25) is 19.2 Å². The normalized spacial score (nSPS) is 46.9. The zero-order valence-corrected chi connectivity index (χ0v) is 20.7. The zero-order valence-electron chi connectivity index (χ0n) is 20.7. The Morgan fingerprint density at radius 2 is 1.65 bits per heavy atom. The molecule has 0 aromatic rings. The highest BCUT2D eigenvalue weighted by atomic mass is 16.6. The van der Waals surface area contributed by atoms with Gasteiger partial charge in [-0.25, -0.2) is 0 Å². The molecule has 0 saturated heterocycles. The lowest BCUT2D eigenvalue weighted by Gasteiger charge is -2.66. The van der Waals surface area contributed by atoms with Crippen LogP contribution in [0.15, 0.2) is 0 Å². The van der Waals surface area contributed by atoms with Crippen molar-refractivity contribution >= 4 is 23.5 Å². The summed E-state index contributed by atoms with van der Waals surface area (Å²) in [5.41, 5.74) is -3.62. The van der Waals surface area contributed by atoms with E-state index in [1.165, 1.54) is 21.0 Å². The van der Waals surface area contributed by atoms with E-state index in [0.717, 1.165) is 0 Å². The van der Waals surface area contributed by atoms with Crippen molar-refractivity contribution < 1.29 is 43.6 Å². The minimum atomic E-state index is -1.62. The van der Waals surface area contributed by atoms with E-state index in [1.807, 2.05) is 0 Å². The molecule has 10 atom stereocenters. The molecule has 4 fully saturated rings. The summed E-state index contributed by atoms with van der Waals surface area (Å²) in [6, 6.07) is 0. The second kappa shape index (κ2) is 8.10. The lowest BCUT2D eigenvalue weighted by molar-refractivity contribution is -0.261.